The number of rotatable bonds is 4. The maximum atomic E-state index is 11.9. The average Bonchev–Trinajstić information content (AvgIpc) is 2.43. The van der Waals surface area contributed by atoms with Crippen LogP contribution >= 0.6 is 0 Å². The molecule has 0 aromatic rings. The Morgan fingerprint density at radius 1 is 1.25 bits per heavy atom. The number of carbonyl (C=O) groups excluding carboxylic acids is 1. The molecule has 116 valence electrons. The third kappa shape index (κ3) is 3.71. The Morgan fingerprint density at radius 2 is 1.85 bits per heavy atom. The number of carbonyl (C=O) groups is 1. The SMILES string of the molecule is CCOC(=O)CC1(N2CCOCC2)CCS(=O)(=O)CC1. The van der Waals surface area contributed by atoms with Crippen molar-refractivity contribution >= 4 is 15.8 Å². The Balaban J connectivity index is 2.12. The molecule has 2 saturated heterocycles. The molecule has 0 bridgehead atoms. The standard InChI is InChI=1S/C13H23NO5S/c1-2-19-12(15)11-13(14-5-7-18-8-6-14)3-9-20(16,17)10-4-13/h2-11H2,1H3. The van der Waals surface area contributed by atoms with Crippen molar-refractivity contribution in [1.29, 1.82) is 0 Å². The van der Waals surface area contributed by atoms with Crippen LogP contribution in [0.2, 0.25) is 0 Å². The summed E-state index contributed by atoms with van der Waals surface area (Å²) < 4.78 is 33.8. The molecule has 7 heteroatoms. The minimum Gasteiger partial charge on any atom is -0.466 e. The quantitative estimate of drug-likeness (QED) is 0.692. The van der Waals surface area contributed by atoms with Crippen LogP contribution in [0.1, 0.15) is 26.2 Å². The van der Waals surface area contributed by atoms with Gasteiger partial charge < -0.3 is 9.47 Å². The molecule has 0 amide bonds. The number of sulfone groups is 1. The third-order valence-corrected chi connectivity index (χ3v) is 5.87. The van der Waals surface area contributed by atoms with Gasteiger partial charge in [0.15, 0.2) is 0 Å². The van der Waals surface area contributed by atoms with Crippen molar-refractivity contribution in [3.05, 3.63) is 0 Å². The lowest BCUT2D eigenvalue weighted by Gasteiger charge is -2.47. The molecular weight excluding hydrogens is 282 g/mol. The molecule has 0 aromatic heterocycles. The summed E-state index contributed by atoms with van der Waals surface area (Å²) in [5.74, 6) is 0.0753. The second-order valence-corrected chi connectivity index (χ2v) is 7.76. The number of esters is 1. The lowest BCUT2D eigenvalue weighted by atomic mass is 9.86. The highest BCUT2D eigenvalue weighted by atomic mass is 32.2. The van der Waals surface area contributed by atoms with Gasteiger partial charge in [-0.2, -0.15) is 0 Å². The molecule has 6 nitrogen and oxygen atoms in total. The summed E-state index contributed by atoms with van der Waals surface area (Å²) in [5, 5.41) is 0. The molecule has 0 atom stereocenters. The molecule has 0 saturated carbocycles. The van der Waals surface area contributed by atoms with Crippen molar-refractivity contribution in [3.8, 4) is 0 Å². The van der Waals surface area contributed by atoms with Crippen molar-refractivity contribution in [2.75, 3.05) is 44.4 Å². The zero-order chi connectivity index (χ0) is 14.6. The van der Waals surface area contributed by atoms with E-state index in [1.807, 2.05) is 0 Å². The van der Waals surface area contributed by atoms with Gasteiger partial charge in [0.05, 0.1) is 37.7 Å². The summed E-state index contributed by atoms with van der Waals surface area (Å²) >= 11 is 0. The van der Waals surface area contributed by atoms with Gasteiger partial charge in [0, 0.05) is 18.6 Å². The van der Waals surface area contributed by atoms with Crippen LogP contribution in [0.25, 0.3) is 0 Å². The summed E-state index contributed by atoms with van der Waals surface area (Å²) in [7, 11) is -2.95. The highest BCUT2D eigenvalue weighted by Gasteiger charge is 2.44. The van der Waals surface area contributed by atoms with E-state index in [0.29, 0.717) is 32.7 Å². The molecule has 2 aliphatic heterocycles. The summed E-state index contributed by atoms with van der Waals surface area (Å²) in [6, 6.07) is 0. The Bertz CT molecular complexity index is 428. The van der Waals surface area contributed by atoms with Crippen LogP contribution < -0.4 is 0 Å². The van der Waals surface area contributed by atoms with Crippen LogP contribution in [-0.4, -0.2) is 69.2 Å². The monoisotopic (exact) mass is 305 g/mol. The summed E-state index contributed by atoms with van der Waals surface area (Å²) in [6.07, 6.45) is 1.29. The average molecular weight is 305 g/mol. The van der Waals surface area contributed by atoms with Crippen LogP contribution in [0, 0.1) is 0 Å². The Labute approximate surface area is 120 Å². The van der Waals surface area contributed by atoms with E-state index < -0.39 is 9.84 Å². The normalized spacial score (nSPS) is 26.1. The smallest absolute Gasteiger partial charge is 0.307 e. The second kappa shape index (κ2) is 6.41. The third-order valence-electron chi connectivity index (χ3n) is 4.22. The van der Waals surface area contributed by atoms with Gasteiger partial charge in [0.2, 0.25) is 0 Å². The fraction of sp³-hybridized carbons (Fsp3) is 0.923. The lowest BCUT2D eigenvalue weighted by Crippen LogP contribution is -2.57. The molecular formula is C13H23NO5S. The Morgan fingerprint density at radius 3 is 2.40 bits per heavy atom. The van der Waals surface area contributed by atoms with Crippen molar-refractivity contribution in [3.63, 3.8) is 0 Å². The molecule has 20 heavy (non-hydrogen) atoms. The highest BCUT2D eigenvalue weighted by Crippen LogP contribution is 2.34. The van der Waals surface area contributed by atoms with Gasteiger partial charge in [-0.1, -0.05) is 0 Å². The molecule has 0 spiro atoms. The van der Waals surface area contributed by atoms with E-state index in [0.717, 1.165) is 13.1 Å². The van der Waals surface area contributed by atoms with Gasteiger partial charge >= 0.3 is 5.97 Å². The molecule has 0 radical (unpaired) electrons. The summed E-state index contributed by atoms with van der Waals surface area (Å²) in [4.78, 5) is 14.1. The fourth-order valence-electron chi connectivity index (χ4n) is 3.04. The molecule has 2 heterocycles. The Hall–Kier alpha value is -0.660. The number of ether oxygens (including phenoxy) is 2. The molecule has 2 fully saturated rings. The Kier molecular flexibility index (Phi) is 5.04. The first-order valence-corrected chi connectivity index (χ1v) is 8.98. The van der Waals surface area contributed by atoms with Gasteiger partial charge in [-0.25, -0.2) is 8.42 Å². The minimum atomic E-state index is -2.95. The number of morpholine rings is 1. The maximum absolute atomic E-state index is 11.9. The lowest BCUT2D eigenvalue weighted by molar-refractivity contribution is -0.148. The summed E-state index contributed by atoms with van der Waals surface area (Å²) in [6.45, 7) is 4.91. The van der Waals surface area contributed by atoms with Gasteiger partial charge in [-0.3, -0.25) is 9.69 Å². The largest absolute Gasteiger partial charge is 0.466 e. The van der Waals surface area contributed by atoms with Gasteiger partial charge in [-0.15, -0.1) is 0 Å². The van der Waals surface area contributed by atoms with Crippen LogP contribution in [0.15, 0.2) is 0 Å². The maximum Gasteiger partial charge on any atom is 0.307 e. The van der Waals surface area contributed by atoms with Gasteiger partial charge in [0.25, 0.3) is 0 Å². The van der Waals surface area contributed by atoms with E-state index in [1.54, 1.807) is 6.92 Å². The van der Waals surface area contributed by atoms with E-state index in [-0.39, 0.29) is 29.4 Å². The van der Waals surface area contributed by atoms with E-state index in [2.05, 4.69) is 4.90 Å². The topological polar surface area (TPSA) is 72.9 Å². The van der Waals surface area contributed by atoms with E-state index in [9.17, 15) is 13.2 Å². The predicted molar refractivity (Wildman–Crippen MR) is 74.3 cm³/mol. The predicted octanol–water partition coefficient (Wildman–Crippen LogP) is 0.219. The molecule has 2 aliphatic rings. The van der Waals surface area contributed by atoms with Crippen molar-refractivity contribution in [2.45, 2.75) is 31.7 Å². The number of nitrogens with zero attached hydrogens (tertiary/aromatic N) is 1. The van der Waals surface area contributed by atoms with Crippen LogP contribution in [0.3, 0.4) is 0 Å². The van der Waals surface area contributed by atoms with Crippen LogP contribution in [0.4, 0.5) is 0 Å². The number of hydrogen-bond acceptors (Lipinski definition) is 6. The van der Waals surface area contributed by atoms with E-state index in [1.165, 1.54) is 0 Å². The van der Waals surface area contributed by atoms with E-state index in [4.69, 9.17) is 9.47 Å². The fourth-order valence-corrected chi connectivity index (χ4v) is 4.63. The molecule has 0 N–H and O–H groups in total. The zero-order valence-corrected chi connectivity index (χ0v) is 12.8. The molecule has 0 aliphatic carbocycles. The molecule has 0 aromatic carbocycles. The summed E-state index contributed by atoms with van der Waals surface area (Å²) in [5.41, 5.74) is -0.374. The zero-order valence-electron chi connectivity index (χ0n) is 12.0. The van der Waals surface area contributed by atoms with Gasteiger partial charge in [0.1, 0.15) is 9.84 Å². The van der Waals surface area contributed by atoms with Crippen molar-refractivity contribution < 1.29 is 22.7 Å². The first kappa shape index (κ1) is 15.7. The van der Waals surface area contributed by atoms with Gasteiger partial charge in [-0.05, 0) is 19.8 Å². The second-order valence-electron chi connectivity index (χ2n) is 5.46. The molecule has 0 unspecified atom stereocenters. The van der Waals surface area contributed by atoms with Crippen LogP contribution in [-0.2, 0) is 24.1 Å². The minimum absolute atomic E-state index is 0.157. The highest BCUT2D eigenvalue weighted by molar-refractivity contribution is 7.91. The first-order valence-electron chi connectivity index (χ1n) is 7.16. The molecule has 2 rings (SSSR count). The van der Waals surface area contributed by atoms with Crippen molar-refractivity contribution in [1.82, 2.24) is 4.90 Å². The van der Waals surface area contributed by atoms with Crippen molar-refractivity contribution in [2.24, 2.45) is 0 Å². The van der Waals surface area contributed by atoms with Crippen LogP contribution in [0.5, 0.6) is 0 Å². The van der Waals surface area contributed by atoms with E-state index >= 15 is 0 Å². The first-order chi connectivity index (χ1) is 9.47. The number of hydrogen-bond donors (Lipinski definition) is 0.